The zero-order valence-corrected chi connectivity index (χ0v) is 28.0. The van der Waals surface area contributed by atoms with E-state index in [0.29, 0.717) is 0 Å². The smallest absolute Gasteiger partial charge is 0.131 e. The number of rotatable bonds is 7. The molecule has 0 saturated heterocycles. The van der Waals surface area contributed by atoms with E-state index in [0.717, 1.165) is 42.4 Å². The monoisotopic (exact) mass is 637 g/mol. The SMILES string of the molecule is C/C(=C\C=C/CC(=NC1C=CC=CC=C1)N(C)Cc1ccccc1)n1c2ccccc2c2cc3c(cc21)Cc1cc2ccccc2cc1O3. The van der Waals surface area contributed by atoms with Gasteiger partial charge >= 0.3 is 0 Å². The maximum absolute atomic E-state index is 6.57. The van der Waals surface area contributed by atoms with E-state index in [-0.39, 0.29) is 6.04 Å². The second kappa shape index (κ2) is 13.3. The Morgan fingerprint density at radius 3 is 2.29 bits per heavy atom. The van der Waals surface area contributed by atoms with Crippen molar-refractivity contribution < 1.29 is 4.74 Å². The van der Waals surface area contributed by atoms with Crippen LogP contribution in [0.15, 0.2) is 163 Å². The molecule has 0 amide bonds. The van der Waals surface area contributed by atoms with Gasteiger partial charge in [-0.15, -0.1) is 0 Å². The van der Waals surface area contributed by atoms with E-state index in [4.69, 9.17) is 9.73 Å². The molecule has 240 valence electrons. The van der Waals surface area contributed by atoms with Crippen molar-refractivity contribution in [3.8, 4) is 11.5 Å². The molecule has 2 aliphatic rings. The highest BCUT2D eigenvalue weighted by Gasteiger charge is 2.21. The lowest BCUT2D eigenvalue weighted by Gasteiger charge is -2.22. The first kappa shape index (κ1) is 30.5. The first-order valence-electron chi connectivity index (χ1n) is 17.0. The van der Waals surface area contributed by atoms with Crippen LogP contribution in [-0.4, -0.2) is 28.4 Å². The molecule has 5 aromatic carbocycles. The maximum atomic E-state index is 6.57. The van der Waals surface area contributed by atoms with Crippen molar-refractivity contribution in [3.05, 3.63) is 175 Å². The number of para-hydroxylation sites is 1. The number of ether oxygens (including phenoxy) is 1. The molecule has 0 radical (unpaired) electrons. The Hall–Kier alpha value is -5.87. The predicted molar refractivity (Wildman–Crippen MR) is 207 cm³/mol. The number of fused-ring (bicyclic) bond motifs is 6. The summed E-state index contributed by atoms with van der Waals surface area (Å²) in [6, 6.07) is 36.8. The fourth-order valence-corrected chi connectivity index (χ4v) is 6.99. The largest absolute Gasteiger partial charge is 0.457 e. The molecular weight excluding hydrogens is 599 g/mol. The summed E-state index contributed by atoms with van der Waals surface area (Å²) in [4.78, 5) is 7.41. The lowest BCUT2D eigenvalue weighted by atomic mass is 9.96. The Bertz CT molecular complexity index is 2350. The summed E-state index contributed by atoms with van der Waals surface area (Å²) in [5.41, 5.74) is 7.24. The molecule has 0 bridgehead atoms. The lowest BCUT2D eigenvalue weighted by Crippen LogP contribution is -2.27. The second-order valence-corrected chi connectivity index (χ2v) is 12.9. The molecule has 0 fully saturated rings. The summed E-state index contributed by atoms with van der Waals surface area (Å²) in [6.07, 6.45) is 20.7. The van der Waals surface area contributed by atoms with E-state index in [1.54, 1.807) is 0 Å². The van der Waals surface area contributed by atoms with E-state index in [1.807, 2.05) is 12.2 Å². The number of benzene rings is 5. The maximum Gasteiger partial charge on any atom is 0.131 e. The number of hydrogen-bond donors (Lipinski definition) is 0. The highest BCUT2D eigenvalue weighted by molar-refractivity contribution is 6.11. The van der Waals surface area contributed by atoms with Gasteiger partial charge in [0.25, 0.3) is 0 Å². The normalized spacial score (nSPS) is 14.8. The Labute approximate surface area is 288 Å². The van der Waals surface area contributed by atoms with Gasteiger partial charge in [0.2, 0.25) is 0 Å². The van der Waals surface area contributed by atoms with Crippen LogP contribution < -0.4 is 4.74 Å². The summed E-state index contributed by atoms with van der Waals surface area (Å²) in [6.45, 7) is 3.00. The predicted octanol–water partition coefficient (Wildman–Crippen LogP) is 11.0. The molecule has 0 N–H and O–H groups in total. The van der Waals surface area contributed by atoms with Crippen molar-refractivity contribution >= 4 is 44.1 Å². The summed E-state index contributed by atoms with van der Waals surface area (Å²) in [5.74, 6) is 2.94. The van der Waals surface area contributed by atoms with Crippen molar-refractivity contribution in [1.82, 2.24) is 9.47 Å². The molecule has 6 aromatic rings. The number of nitrogens with zero attached hydrogens (tertiary/aromatic N) is 3. The highest BCUT2D eigenvalue weighted by Crippen LogP contribution is 2.43. The van der Waals surface area contributed by atoms with Crippen molar-refractivity contribution in [2.24, 2.45) is 4.99 Å². The first-order valence-corrected chi connectivity index (χ1v) is 17.0. The number of aromatic nitrogens is 1. The molecule has 4 nitrogen and oxygen atoms in total. The minimum atomic E-state index is 0.00657. The quantitative estimate of drug-likeness (QED) is 0.0989. The van der Waals surface area contributed by atoms with Crippen LogP contribution in [0, 0.1) is 0 Å². The molecule has 49 heavy (non-hydrogen) atoms. The minimum Gasteiger partial charge on any atom is -0.457 e. The van der Waals surface area contributed by atoms with Gasteiger partial charge in [-0.1, -0.05) is 121 Å². The van der Waals surface area contributed by atoms with Crippen molar-refractivity contribution in [1.29, 1.82) is 0 Å². The van der Waals surface area contributed by atoms with E-state index in [9.17, 15) is 0 Å². The molecule has 0 spiro atoms. The average molecular weight is 638 g/mol. The van der Waals surface area contributed by atoms with E-state index in [2.05, 4.69) is 169 Å². The molecule has 1 aliphatic carbocycles. The van der Waals surface area contributed by atoms with Gasteiger partial charge in [0.05, 0.1) is 17.1 Å². The molecule has 2 heterocycles. The summed E-state index contributed by atoms with van der Waals surface area (Å²) in [7, 11) is 2.13. The van der Waals surface area contributed by atoms with Crippen molar-refractivity contribution in [3.63, 3.8) is 0 Å². The van der Waals surface area contributed by atoms with E-state index < -0.39 is 0 Å². The molecular formula is C45H39N3O. The zero-order valence-electron chi connectivity index (χ0n) is 28.0. The standard InChI is InChI=1S/C45H39N3O/c1-32(16-10-15-25-45(46-38-21-8-3-4-9-22-38)47(2)31-33-17-6-5-7-18-33)48-41-24-14-13-23-39(41)40-30-44-37(28-42(40)48)27-36-26-34-19-11-12-20-35(34)29-43(36)49-44/h3-24,26,28-30,38H,25,27,31H2,1-2H3/b15-10-,32-16+,46-45?. The molecule has 8 rings (SSSR count). The number of hydrogen-bond acceptors (Lipinski definition) is 2. The summed E-state index contributed by atoms with van der Waals surface area (Å²) < 4.78 is 8.95. The number of amidine groups is 1. The fraction of sp³-hybridized carbons (Fsp3) is 0.133. The van der Waals surface area contributed by atoms with Crippen LogP contribution >= 0.6 is 0 Å². The van der Waals surface area contributed by atoms with Crippen LogP contribution in [0.2, 0.25) is 0 Å². The van der Waals surface area contributed by atoms with E-state index in [1.165, 1.54) is 49.3 Å². The third-order valence-electron chi connectivity index (χ3n) is 9.46. The van der Waals surface area contributed by atoms with Gasteiger partial charge < -0.3 is 14.2 Å². The Morgan fingerprint density at radius 1 is 0.776 bits per heavy atom. The van der Waals surface area contributed by atoms with Crippen LogP contribution in [0.3, 0.4) is 0 Å². The third kappa shape index (κ3) is 6.26. The molecule has 1 aromatic heterocycles. The van der Waals surface area contributed by atoms with Gasteiger partial charge in [-0.3, -0.25) is 4.99 Å². The van der Waals surface area contributed by atoms with Crippen molar-refractivity contribution in [2.45, 2.75) is 32.4 Å². The van der Waals surface area contributed by atoms with Crippen LogP contribution in [-0.2, 0) is 13.0 Å². The van der Waals surface area contributed by atoms with Gasteiger partial charge in [-0.25, -0.2) is 0 Å². The van der Waals surface area contributed by atoms with Crippen LogP contribution in [0.1, 0.15) is 30.0 Å². The average Bonchev–Trinajstić information content (AvgIpc) is 3.23. The molecule has 0 saturated carbocycles. The number of allylic oxidation sites excluding steroid dienone is 7. The highest BCUT2D eigenvalue weighted by atomic mass is 16.5. The Kier molecular flexibility index (Phi) is 8.28. The van der Waals surface area contributed by atoms with Crippen LogP contribution in [0.25, 0.3) is 38.3 Å². The fourth-order valence-electron chi connectivity index (χ4n) is 6.99. The minimum absolute atomic E-state index is 0.00657. The number of aliphatic imine (C=N–C) groups is 1. The zero-order chi connectivity index (χ0) is 33.2. The first-order chi connectivity index (χ1) is 24.1. The third-order valence-corrected chi connectivity index (χ3v) is 9.46. The van der Waals surface area contributed by atoms with Gasteiger partial charge in [0.15, 0.2) is 0 Å². The molecule has 0 atom stereocenters. The van der Waals surface area contributed by atoms with Gasteiger partial charge in [0.1, 0.15) is 17.3 Å². The van der Waals surface area contributed by atoms with E-state index >= 15 is 0 Å². The Balaban J connectivity index is 1.10. The summed E-state index contributed by atoms with van der Waals surface area (Å²) in [5, 5.41) is 4.87. The molecule has 4 heteroatoms. The molecule has 0 unspecified atom stereocenters. The molecule has 1 aliphatic heterocycles. The van der Waals surface area contributed by atoms with Crippen LogP contribution in [0.5, 0.6) is 11.5 Å². The lowest BCUT2D eigenvalue weighted by molar-refractivity contribution is 0.462. The van der Waals surface area contributed by atoms with Crippen LogP contribution in [0.4, 0.5) is 0 Å². The van der Waals surface area contributed by atoms with Gasteiger partial charge in [-0.2, -0.15) is 0 Å². The summed E-state index contributed by atoms with van der Waals surface area (Å²) >= 11 is 0. The van der Waals surface area contributed by atoms with Crippen molar-refractivity contribution in [2.75, 3.05) is 7.05 Å². The Morgan fingerprint density at radius 2 is 1.47 bits per heavy atom. The van der Waals surface area contributed by atoms with Gasteiger partial charge in [-0.05, 0) is 65.2 Å². The second-order valence-electron chi connectivity index (χ2n) is 12.9. The topological polar surface area (TPSA) is 29.8 Å². The van der Waals surface area contributed by atoms with Gasteiger partial charge in [0, 0.05) is 48.5 Å².